The highest BCUT2D eigenvalue weighted by Gasteiger charge is 2.45. The van der Waals surface area contributed by atoms with Gasteiger partial charge in [-0.25, -0.2) is 4.79 Å². The molecule has 11 nitrogen and oxygen atoms in total. The van der Waals surface area contributed by atoms with Gasteiger partial charge in [-0.1, -0.05) is 24.1 Å². The van der Waals surface area contributed by atoms with E-state index in [4.69, 9.17) is 15.3 Å². The molecular weight excluding hydrogens is 504 g/mol. The number of carbonyl (C=O) groups is 4. The van der Waals surface area contributed by atoms with E-state index in [-0.39, 0.29) is 49.9 Å². The summed E-state index contributed by atoms with van der Waals surface area (Å²) >= 11 is 0. The zero-order chi connectivity index (χ0) is 27.7. The number of fused-ring (bicyclic) bond motifs is 1. The minimum absolute atomic E-state index is 0.0260. The number of nitrogens with one attached hydrogen (secondary N) is 1. The van der Waals surface area contributed by atoms with Crippen LogP contribution in [0.5, 0.6) is 0 Å². The Bertz CT molecular complexity index is 1130. The van der Waals surface area contributed by atoms with E-state index in [0.717, 1.165) is 36.8 Å². The van der Waals surface area contributed by atoms with Gasteiger partial charge in [0.2, 0.25) is 0 Å². The third-order valence-electron chi connectivity index (χ3n) is 8.72. The number of aliphatic hydroxyl groups excluding tert-OH is 1. The van der Waals surface area contributed by atoms with Crippen molar-refractivity contribution in [3.63, 3.8) is 0 Å². The minimum atomic E-state index is -0.914. The molecule has 212 valence electrons. The molecule has 3 aliphatic heterocycles. The quantitative estimate of drug-likeness (QED) is 0.458. The zero-order valence-electron chi connectivity index (χ0n) is 22.3. The molecule has 11 heteroatoms. The van der Waals surface area contributed by atoms with Crippen LogP contribution in [-0.4, -0.2) is 76.8 Å². The number of hydroxylamine groups is 2. The summed E-state index contributed by atoms with van der Waals surface area (Å²) in [6.45, 7) is 3.51. The monoisotopic (exact) mass is 542 g/mol. The first-order valence-electron chi connectivity index (χ1n) is 14.0. The maximum absolute atomic E-state index is 13.3. The van der Waals surface area contributed by atoms with E-state index >= 15 is 0 Å². The Morgan fingerprint density at radius 2 is 2.00 bits per heavy atom. The number of carbonyl (C=O) groups excluding carboxylic acids is 4. The second-order valence-corrected chi connectivity index (χ2v) is 11.5. The van der Waals surface area contributed by atoms with Crippen LogP contribution in [0.1, 0.15) is 66.9 Å². The van der Waals surface area contributed by atoms with Crippen LogP contribution in [-0.2, 0) is 32.1 Å². The van der Waals surface area contributed by atoms with Crippen molar-refractivity contribution in [1.82, 2.24) is 15.3 Å². The van der Waals surface area contributed by atoms with E-state index < -0.39 is 23.9 Å². The molecule has 4 amide bonds. The second kappa shape index (κ2) is 11.6. The molecule has 0 bridgehead atoms. The summed E-state index contributed by atoms with van der Waals surface area (Å²) in [6.07, 6.45) is 3.23. The van der Waals surface area contributed by atoms with Gasteiger partial charge in [-0.2, -0.15) is 0 Å². The van der Waals surface area contributed by atoms with Gasteiger partial charge in [0.15, 0.2) is 0 Å². The fourth-order valence-electron chi connectivity index (χ4n) is 6.42. The van der Waals surface area contributed by atoms with Crippen molar-refractivity contribution in [3.8, 4) is 0 Å². The maximum Gasteiger partial charge on any atom is 0.432 e. The number of amides is 4. The van der Waals surface area contributed by atoms with Gasteiger partial charge in [-0.05, 0) is 67.6 Å². The molecule has 1 saturated carbocycles. The lowest BCUT2D eigenvalue weighted by atomic mass is 9.79. The number of piperidine rings is 1. The van der Waals surface area contributed by atoms with Crippen molar-refractivity contribution >= 4 is 23.8 Å². The molecule has 1 aromatic carbocycles. The molecule has 2 saturated heterocycles. The summed E-state index contributed by atoms with van der Waals surface area (Å²) in [6, 6.07) is 4.48. The van der Waals surface area contributed by atoms with E-state index in [2.05, 4.69) is 12.2 Å². The van der Waals surface area contributed by atoms with E-state index in [9.17, 15) is 24.3 Å². The minimum Gasteiger partial charge on any atom is -0.396 e. The first kappa shape index (κ1) is 27.5. The van der Waals surface area contributed by atoms with E-state index in [1.807, 2.05) is 12.1 Å². The predicted octanol–water partition coefficient (Wildman–Crippen LogP) is 1.50. The average molecular weight is 543 g/mol. The Morgan fingerprint density at radius 3 is 2.77 bits per heavy atom. The first-order chi connectivity index (χ1) is 18.7. The van der Waals surface area contributed by atoms with Gasteiger partial charge in [-0.3, -0.25) is 14.4 Å². The molecule has 3 heterocycles. The molecule has 4 aliphatic rings. The van der Waals surface area contributed by atoms with Crippen molar-refractivity contribution in [1.29, 1.82) is 0 Å². The van der Waals surface area contributed by atoms with Gasteiger partial charge in [0.1, 0.15) is 6.04 Å². The molecule has 0 radical (unpaired) electrons. The fraction of sp³-hybridized carbons (Fsp3) is 0.643. The van der Waals surface area contributed by atoms with Gasteiger partial charge >= 0.3 is 6.09 Å². The Labute approximate surface area is 227 Å². The van der Waals surface area contributed by atoms with Crippen molar-refractivity contribution < 1.29 is 33.9 Å². The number of nitrogens with two attached hydrogens (primary N) is 1. The number of rotatable bonds is 6. The highest BCUT2D eigenvalue weighted by Crippen LogP contribution is 2.32. The maximum atomic E-state index is 13.3. The number of ether oxygens (including phenoxy) is 1. The van der Waals surface area contributed by atoms with Crippen LogP contribution in [0.4, 0.5) is 4.79 Å². The molecule has 0 aromatic heterocycles. The molecular formula is C28H38N4O7. The van der Waals surface area contributed by atoms with Crippen LogP contribution in [0, 0.1) is 17.8 Å². The van der Waals surface area contributed by atoms with Crippen molar-refractivity contribution in [2.45, 2.75) is 76.5 Å². The zero-order valence-corrected chi connectivity index (χ0v) is 22.3. The Balaban J connectivity index is 1.23. The molecule has 5 rings (SSSR count). The lowest BCUT2D eigenvalue weighted by molar-refractivity contribution is -0.187. The van der Waals surface area contributed by atoms with Gasteiger partial charge in [-0.15, -0.1) is 0 Å². The summed E-state index contributed by atoms with van der Waals surface area (Å²) in [5.74, 6) is -1.00. The summed E-state index contributed by atoms with van der Waals surface area (Å²) < 4.78 is 5.44. The summed E-state index contributed by atoms with van der Waals surface area (Å²) in [5, 5.41) is 12.9. The van der Waals surface area contributed by atoms with Crippen LogP contribution in [0.3, 0.4) is 0 Å². The third kappa shape index (κ3) is 5.80. The molecule has 4 N–H and O–H groups in total. The number of nitrogens with zero attached hydrogens (tertiary/aromatic N) is 2. The Hall–Kier alpha value is -3.02. The van der Waals surface area contributed by atoms with Gasteiger partial charge < -0.3 is 30.6 Å². The van der Waals surface area contributed by atoms with Crippen LogP contribution in [0.2, 0.25) is 0 Å². The standard InChI is InChI=1S/C28H38N4O7/c1-16-2-5-23(20(10-16)14-33)30-28(37)39-32-25(34)7-6-24(27(32)36)31-13-19-12-17(3-4-21(19)26(31)35)11-18-8-9-38-15-22(18)29/h3-4,12,16,18,20,22-24,33H,2,5-11,13-15,29H2,1H3,(H,30,37)/t16?,18-,20-,22+,23+,24?/m1/s1. The number of aliphatic hydroxyl groups is 1. The van der Waals surface area contributed by atoms with Crippen LogP contribution < -0.4 is 11.1 Å². The number of hydrogen-bond acceptors (Lipinski definition) is 8. The van der Waals surface area contributed by atoms with Crippen LogP contribution in [0.15, 0.2) is 18.2 Å². The summed E-state index contributed by atoms with van der Waals surface area (Å²) in [4.78, 5) is 58.4. The lowest BCUT2D eigenvalue weighted by Crippen LogP contribution is -2.56. The largest absolute Gasteiger partial charge is 0.432 e. The van der Waals surface area contributed by atoms with Crippen LogP contribution in [0.25, 0.3) is 0 Å². The van der Waals surface area contributed by atoms with Gasteiger partial charge in [0.05, 0.1) is 6.61 Å². The molecule has 1 aliphatic carbocycles. The molecule has 3 fully saturated rings. The summed E-state index contributed by atoms with van der Waals surface area (Å²) in [5.41, 5.74) is 8.66. The predicted molar refractivity (Wildman–Crippen MR) is 139 cm³/mol. The lowest BCUT2D eigenvalue weighted by Gasteiger charge is -2.36. The van der Waals surface area contributed by atoms with Crippen LogP contribution >= 0.6 is 0 Å². The first-order valence-corrected chi connectivity index (χ1v) is 14.0. The average Bonchev–Trinajstić information content (AvgIpc) is 3.24. The van der Waals surface area contributed by atoms with Crippen molar-refractivity contribution in [3.05, 3.63) is 34.9 Å². The third-order valence-corrected chi connectivity index (χ3v) is 8.72. The SMILES string of the molecule is CC1CC[C@H](NC(=O)ON2C(=O)CCC(N3Cc4cc(C[C@H]5CCOC[C@@H]5N)ccc4C3=O)C2=O)[C@@H](CO)C1. The topological polar surface area (TPSA) is 151 Å². The van der Waals surface area contributed by atoms with Crippen molar-refractivity contribution in [2.24, 2.45) is 23.5 Å². The molecule has 2 unspecified atom stereocenters. The van der Waals surface area contributed by atoms with Gasteiger partial charge in [0, 0.05) is 49.7 Å². The Kier molecular flexibility index (Phi) is 8.20. The van der Waals surface area contributed by atoms with Gasteiger partial charge in [0.25, 0.3) is 17.7 Å². The van der Waals surface area contributed by atoms with E-state index in [1.54, 1.807) is 6.07 Å². The highest BCUT2D eigenvalue weighted by molar-refractivity contribution is 6.05. The smallest absolute Gasteiger partial charge is 0.396 e. The molecule has 39 heavy (non-hydrogen) atoms. The Morgan fingerprint density at radius 1 is 1.18 bits per heavy atom. The summed E-state index contributed by atoms with van der Waals surface area (Å²) in [7, 11) is 0. The fourth-order valence-corrected chi connectivity index (χ4v) is 6.42. The van der Waals surface area contributed by atoms with E-state index in [1.165, 1.54) is 4.90 Å². The second-order valence-electron chi connectivity index (χ2n) is 11.5. The molecule has 0 spiro atoms. The number of hydrogen-bond donors (Lipinski definition) is 3. The highest BCUT2D eigenvalue weighted by atomic mass is 16.7. The normalized spacial score (nSPS) is 31.3. The molecule has 1 aromatic rings. The molecule has 6 atom stereocenters. The van der Waals surface area contributed by atoms with Crippen molar-refractivity contribution in [2.75, 3.05) is 19.8 Å². The van der Waals surface area contributed by atoms with E-state index in [0.29, 0.717) is 42.1 Å². The number of imide groups is 1. The number of benzene rings is 1.